The van der Waals surface area contributed by atoms with Crippen LogP contribution in [0.25, 0.3) is 0 Å². The molecular weight excluding hydrogens is 264 g/mol. The number of imidazole rings is 1. The molecule has 21 heavy (non-hydrogen) atoms. The number of rotatable bonds is 7. The first kappa shape index (κ1) is 16.3. The number of aryl methyl sites for hydroxylation is 2. The molecule has 120 valence electrons. The summed E-state index contributed by atoms with van der Waals surface area (Å²) in [6.45, 7) is 10.1. The van der Waals surface area contributed by atoms with Crippen molar-refractivity contribution in [2.45, 2.75) is 58.7 Å². The van der Waals surface area contributed by atoms with E-state index in [-0.39, 0.29) is 0 Å². The lowest BCUT2D eigenvalue weighted by atomic mass is 9.99. The van der Waals surface area contributed by atoms with Crippen LogP contribution in [0.3, 0.4) is 0 Å². The molecule has 2 heterocycles. The van der Waals surface area contributed by atoms with Crippen molar-refractivity contribution in [3.8, 4) is 0 Å². The molecule has 1 saturated heterocycles. The molecule has 1 aliphatic heterocycles. The van der Waals surface area contributed by atoms with E-state index in [4.69, 9.17) is 4.74 Å². The summed E-state index contributed by atoms with van der Waals surface area (Å²) in [5.74, 6) is 1.02. The minimum atomic E-state index is 0.531. The number of nitrogens with zero attached hydrogens (tertiary/aromatic N) is 3. The molecule has 0 aliphatic carbocycles. The zero-order valence-corrected chi connectivity index (χ0v) is 13.9. The van der Waals surface area contributed by atoms with Crippen LogP contribution in [0.15, 0.2) is 6.20 Å². The maximum absolute atomic E-state index is 5.42. The molecular formula is C16H30N4O. The molecule has 1 aromatic rings. The normalized spacial score (nSPS) is 23.4. The highest BCUT2D eigenvalue weighted by Gasteiger charge is 2.23. The molecule has 2 rings (SSSR count). The molecule has 1 fully saturated rings. The molecule has 2 atom stereocenters. The fraction of sp³-hybridized carbons (Fsp3) is 0.812. The molecule has 1 N–H and O–H groups in total. The zero-order valence-electron chi connectivity index (χ0n) is 13.9. The second-order valence-corrected chi connectivity index (χ2v) is 6.15. The van der Waals surface area contributed by atoms with Gasteiger partial charge < -0.3 is 19.5 Å². The predicted molar refractivity (Wildman–Crippen MR) is 86.8 cm³/mol. The molecule has 5 nitrogen and oxygen atoms in total. The van der Waals surface area contributed by atoms with Crippen molar-refractivity contribution >= 4 is 5.95 Å². The lowest BCUT2D eigenvalue weighted by molar-refractivity contribution is 0.141. The van der Waals surface area contributed by atoms with Crippen molar-refractivity contribution in [3.63, 3.8) is 0 Å². The van der Waals surface area contributed by atoms with Crippen LogP contribution in [-0.4, -0.2) is 53.3 Å². The van der Waals surface area contributed by atoms with Crippen molar-refractivity contribution in [2.75, 3.05) is 32.1 Å². The van der Waals surface area contributed by atoms with Crippen LogP contribution in [0.1, 0.15) is 38.8 Å². The second kappa shape index (κ2) is 7.80. The smallest absolute Gasteiger partial charge is 0.203 e. The number of hydrogen-bond acceptors (Lipinski definition) is 4. The second-order valence-electron chi connectivity index (χ2n) is 6.15. The van der Waals surface area contributed by atoms with E-state index < -0.39 is 0 Å². The highest BCUT2D eigenvalue weighted by Crippen LogP contribution is 2.20. The first-order valence-electron chi connectivity index (χ1n) is 8.18. The van der Waals surface area contributed by atoms with Gasteiger partial charge in [0.1, 0.15) is 0 Å². The third-order valence-corrected chi connectivity index (χ3v) is 4.33. The van der Waals surface area contributed by atoms with E-state index in [2.05, 4.69) is 46.9 Å². The summed E-state index contributed by atoms with van der Waals surface area (Å²) in [5, 5.41) is 3.65. The maximum Gasteiger partial charge on any atom is 0.203 e. The Balaban J connectivity index is 1.90. The van der Waals surface area contributed by atoms with Crippen LogP contribution in [-0.2, 0) is 11.3 Å². The van der Waals surface area contributed by atoms with Crippen LogP contribution >= 0.6 is 0 Å². The predicted octanol–water partition coefficient (Wildman–Crippen LogP) is 2.51. The first-order valence-corrected chi connectivity index (χ1v) is 8.18. The van der Waals surface area contributed by atoms with Gasteiger partial charge in [0.15, 0.2) is 0 Å². The molecule has 0 bridgehead atoms. The lowest BCUT2D eigenvalue weighted by Gasteiger charge is -2.35. The van der Waals surface area contributed by atoms with Crippen molar-refractivity contribution in [2.24, 2.45) is 0 Å². The van der Waals surface area contributed by atoms with Crippen LogP contribution in [0.2, 0.25) is 0 Å². The van der Waals surface area contributed by atoms with E-state index in [9.17, 15) is 0 Å². The summed E-state index contributed by atoms with van der Waals surface area (Å²) < 4.78 is 7.65. The summed E-state index contributed by atoms with van der Waals surface area (Å²) in [7, 11) is 2.21. The Morgan fingerprint density at radius 1 is 1.48 bits per heavy atom. The molecule has 0 amide bonds. The largest absolute Gasteiger partial charge is 0.382 e. The molecule has 0 spiro atoms. The summed E-state index contributed by atoms with van der Waals surface area (Å²) in [4.78, 5) is 7.07. The average molecular weight is 294 g/mol. The number of likely N-dealkylation sites (tertiary alicyclic amines) is 1. The van der Waals surface area contributed by atoms with Crippen LogP contribution < -0.4 is 5.32 Å². The maximum atomic E-state index is 5.42. The van der Waals surface area contributed by atoms with E-state index in [1.54, 1.807) is 0 Å². The molecule has 2 unspecified atom stereocenters. The third kappa shape index (κ3) is 4.71. The standard InChI is InChI=1S/C16H30N4O/c1-5-21-10-6-8-20-12-13(2)17-16(20)18-15-7-9-19(4)14(3)11-15/h12,14-15H,5-11H2,1-4H3,(H,17,18). The average Bonchev–Trinajstić information content (AvgIpc) is 2.79. The number of ether oxygens (including phenoxy) is 1. The Morgan fingerprint density at radius 2 is 2.29 bits per heavy atom. The van der Waals surface area contributed by atoms with E-state index in [1.807, 2.05) is 6.92 Å². The highest BCUT2D eigenvalue weighted by molar-refractivity contribution is 5.30. The van der Waals surface area contributed by atoms with Crippen molar-refractivity contribution in [3.05, 3.63) is 11.9 Å². The molecule has 5 heteroatoms. The van der Waals surface area contributed by atoms with Gasteiger partial charge in [-0.1, -0.05) is 0 Å². The minimum Gasteiger partial charge on any atom is -0.382 e. The molecule has 1 aromatic heterocycles. The fourth-order valence-corrected chi connectivity index (χ4v) is 2.92. The van der Waals surface area contributed by atoms with E-state index >= 15 is 0 Å². The first-order chi connectivity index (χ1) is 10.1. The molecule has 0 aromatic carbocycles. The van der Waals surface area contributed by atoms with Crippen molar-refractivity contribution in [1.29, 1.82) is 0 Å². The summed E-state index contributed by atoms with van der Waals surface area (Å²) in [6, 6.07) is 1.17. The Hall–Kier alpha value is -1.07. The van der Waals surface area contributed by atoms with Crippen LogP contribution in [0, 0.1) is 6.92 Å². The van der Waals surface area contributed by atoms with Crippen molar-refractivity contribution in [1.82, 2.24) is 14.5 Å². The van der Waals surface area contributed by atoms with Crippen LogP contribution in [0.4, 0.5) is 5.95 Å². The van der Waals surface area contributed by atoms with Gasteiger partial charge in [-0.15, -0.1) is 0 Å². The minimum absolute atomic E-state index is 0.531. The van der Waals surface area contributed by atoms with Crippen molar-refractivity contribution < 1.29 is 4.74 Å². The van der Waals surface area contributed by atoms with Gasteiger partial charge in [0.25, 0.3) is 0 Å². The topological polar surface area (TPSA) is 42.3 Å². The van der Waals surface area contributed by atoms with Gasteiger partial charge >= 0.3 is 0 Å². The number of anilines is 1. The summed E-state index contributed by atoms with van der Waals surface area (Å²) >= 11 is 0. The van der Waals surface area contributed by atoms with Gasteiger partial charge in [0, 0.05) is 44.6 Å². The van der Waals surface area contributed by atoms with E-state index in [0.717, 1.165) is 44.4 Å². The number of hydrogen-bond donors (Lipinski definition) is 1. The Labute approximate surface area is 128 Å². The summed E-state index contributed by atoms with van der Waals surface area (Å²) in [5.41, 5.74) is 1.08. The quantitative estimate of drug-likeness (QED) is 0.785. The van der Waals surface area contributed by atoms with Gasteiger partial charge in [0.05, 0.1) is 5.69 Å². The Morgan fingerprint density at radius 3 is 3.00 bits per heavy atom. The number of aromatic nitrogens is 2. The van der Waals surface area contributed by atoms with E-state index in [1.165, 1.54) is 12.8 Å². The molecule has 0 radical (unpaired) electrons. The van der Waals surface area contributed by atoms with Gasteiger partial charge in [-0.05, 0) is 47.1 Å². The highest BCUT2D eigenvalue weighted by atomic mass is 16.5. The van der Waals surface area contributed by atoms with E-state index in [0.29, 0.717) is 12.1 Å². The van der Waals surface area contributed by atoms with Gasteiger partial charge in [-0.2, -0.15) is 0 Å². The summed E-state index contributed by atoms with van der Waals surface area (Å²) in [6.07, 6.45) is 5.53. The zero-order chi connectivity index (χ0) is 15.2. The molecule has 0 saturated carbocycles. The number of piperidine rings is 1. The third-order valence-electron chi connectivity index (χ3n) is 4.33. The fourth-order valence-electron chi connectivity index (χ4n) is 2.92. The monoisotopic (exact) mass is 294 g/mol. The Bertz CT molecular complexity index is 432. The molecule has 1 aliphatic rings. The lowest BCUT2D eigenvalue weighted by Crippen LogP contribution is -2.43. The van der Waals surface area contributed by atoms with Gasteiger partial charge in [-0.25, -0.2) is 4.98 Å². The van der Waals surface area contributed by atoms with Gasteiger partial charge in [-0.3, -0.25) is 0 Å². The number of nitrogens with one attached hydrogen (secondary N) is 1. The SMILES string of the molecule is CCOCCCn1cc(C)nc1NC1CCN(C)C(C)C1. The van der Waals surface area contributed by atoms with Gasteiger partial charge in [0.2, 0.25) is 5.95 Å². The Kier molecular flexibility index (Phi) is 6.06. The van der Waals surface area contributed by atoms with Crippen LogP contribution in [0.5, 0.6) is 0 Å².